The summed E-state index contributed by atoms with van der Waals surface area (Å²) in [5, 5.41) is 0. The van der Waals surface area contributed by atoms with Gasteiger partial charge in [-0.1, -0.05) is 15.9 Å². The Morgan fingerprint density at radius 2 is 2.00 bits per heavy atom. The second-order valence-electron chi connectivity index (χ2n) is 3.06. The number of benzene rings is 1. The summed E-state index contributed by atoms with van der Waals surface area (Å²) >= 11 is 3.19. The van der Waals surface area contributed by atoms with Crippen molar-refractivity contribution in [2.45, 2.75) is 12.3 Å². The van der Waals surface area contributed by atoms with Crippen LogP contribution in [0.5, 0.6) is 0 Å². The van der Waals surface area contributed by atoms with E-state index in [1.807, 2.05) is 0 Å². The molecule has 0 radical (unpaired) electrons. The normalized spacial score (nSPS) is 21.0. The minimum Gasteiger partial charge on any atom is -0.368 e. The number of epoxide rings is 1. The van der Waals surface area contributed by atoms with Crippen LogP contribution in [0.15, 0.2) is 22.7 Å². The van der Waals surface area contributed by atoms with Gasteiger partial charge in [-0.05, 0) is 23.8 Å². The van der Waals surface area contributed by atoms with E-state index >= 15 is 0 Å². The van der Waals surface area contributed by atoms with E-state index in [1.165, 1.54) is 6.07 Å². The zero-order valence-electron chi connectivity index (χ0n) is 6.94. The number of hydrogen-bond acceptors (Lipinski definition) is 1. The number of alkyl halides is 3. The van der Waals surface area contributed by atoms with Gasteiger partial charge in [-0.3, -0.25) is 0 Å². The number of rotatable bonds is 1. The highest BCUT2D eigenvalue weighted by molar-refractivity contribution is 9.10. The minimum absolute atomic E-state index is 0.174. The van der Waals surface area contributed by atoms with Crippen LogP contribution in [0.1, 0.15) is 17.2 Å². The molecule has 1 nitrogen and oxygen atoms in total. The van der Waals surface area contributed by atoms with Crippen LogP contribution in [-0.2, 0) is 10.9 Å². The molecule has 1 aromatic carbocycles. The van der Waals surface area contributed by atoms with Crippen LogP contribution >= 0.6 is 15.9 Å². The second kappa shape index (κ2) is 3.24. The smallest absolute Gasteiger partial charge is 0.368 e. The molecule has 14 heavy (non-hydrogen) atoms. The van der Waals surface area contributed by atoms with Crippen LogP contribution in [0.25, 0.3) is 0 Å². The number of ether oxygens (including phenoxy) is 1. The molecule has 0 bridgehead atoms. The molecule has 0 aromatic heterocycles. The summed E-state index contributed by atoms with van der Waals surface area (Å²) < 4.78 is 42.6. The maximum absolute atomic E-state index is 12.3. The van der Waals surface area contributed by atoms with Gasteiger partial charge in [0.1, 0.15) is 6.10 Å². The molecule has 1 aliphatic heterocycles. The Bertz CT molecular complexity index is 358. The topological polar surface area (TPSA) is 12.5 Å². The Morgan fingerprint density at radius 3 is 2.50 bits per heavy atom. The third-order valence-electron chi connectivity index (χ3n) is 2.00. The van der Waals surface area contributed by atoms with Gasteiger partial charge >= 0.3 is 6.18 Å². The van der Waals surface area contributed by atoms with Gasteiger partial charge in [0.15, 0.2) is 0 Å². The van der Waals surface area contributed by atoms with Crippen LogP contribution < -0.4 is 0 Å². The highest BCUT2D eigenvalue weighted by atomic mass is 79.9. The quantitative estimate of drug-likeness (QED) is 0.709. The Labute approximate surface area is 87.0 Å². The van der Waals surface area contributed by atoms with E-state index in [9.17, 15) is 13.2 Å². The third-order valence-corrected chi connectivity index (χ3v) is 2.73. The molecule has 0 unspecified atom stereocenters. The van der Waals surface area contributed by atoms with Crippen molar-refractivity contribution in [3.63, 3.8) is 0 Å². The zero-order chi connectivity index (χ0) is 10.3. The first-order valence-electron chi connectivity index (χ1n) is 3.97. The standard InChI is InChI=1S/C9H6BrF3O/c10-7-2-1-5(9(11,12)13)3-6(7)8-4-14-8/h1-3,8H,4H2/t8-/m1/s1. The number of hydrogen-bond donors (Lipinski definition) is 0. The molecule has 1 aromatic rings. The van der Waals surface area contributed by atoms with E-state index < -0.39 is 11.7 Å². The molecule has 2 rings (SSSR count). The first-order chi connectivity index (χ1) is 6.48. The van der Waals surface area contributed by atoms with E-state index in [1.54, 1.807) is 0 Å². The predicted octanol–water partition coefficient (Wildman–Crippen LogP) is 3.54. The monoisotopic (exact) mass is 266 g/mol. The minimum atomic E-state index is -4.29. The van der Waals surface area contributed by atoms with Crippen molar-refractivity contribution in [1.29, 1.82) is 0 Å². The molecule has 0 N–H and O–H groups in total. The Hall–Kier alpha value is -0.550. The summed E-state index contributed by atoms with van der Waals surface area (Å²) in [5.74, 6) is 0. The first-order valence-corrected chi connectivity index (χ1v) is 4.76. The van der Waals surface area contributed by atoms with Crippen LogP contribution in [0.3, 0.4) is 0 Å². The van der Waals surface area contributed by atoms with Gasteiger partial charge in [0.25, 0.3) is 0 Å². The van der Waals surface area contributed by atoms with E-state index in [0.717, 1.165) is 12.1 Å². The first kappa shape index (κ1) is 9.98. The molecule has 1 saturated heterocycles. The fraction of sp³-hybridized carbons (Fsp3) is 0.333. The van der Waals surface area contributed by atoms with Gasteiger partial charge in [-0.15, -0.1) is 0 Å². The maximum atomic E-state index is 12.3. The lowest BCUT2D eigenvalue weighted by Gasteiger charge is -2.08. The molecule has 0 saturated carbocycles. The molecular weight excluding hydrogens is 261 g/mol. The summed E-state index contributed by atoms with van der Waals surface area (Å²) in [6.45, 7) is 0.500. The van der Waals surface area contributed by atoms with Crippen molar-refractivity contribution in [2.75, 3.05) is 6.61 Å². The Kier molecular flexibility index (Phi) is 2.31. The Morgan fingerprint density at radius 1 is 1.36 bits per heavy atom. The van der Waals surface area contributed by atoms with Crippen LogP contribution in [0.4, 0.5) is 13.2 Å². The summed E-state index contributed by atoms with van der Waals surface area (Å²) in [7, 11) is 0. The van der Waals surface area contributed by atoms with Crippen molar-refractivity contribution >= 4 is 15.9 Å². The van der Waals surface area contributed by atoms with E-state index in [-0.39, 0.29) is 6.10 Å². The highest BCUT2D eigenvalue weighted by Crippen LogP contribution is 2.38. The summed E-state index contributed by atoms with van der Waals surface area (Å²) in [6.07, 6.45) is -4.46. The van der Waals surface area contributed by atoms with Crippen molar-refractivity contribution < 1.29 is 17.9 Å². The molecule has 76 valence electrons. The number of halogens is 4. The Balaban J connectivity index is 2.40. The molecule has 1 heterocycles. The molecule has 1 fully saturated rings. The molecular formula is C9H6BrF3O. The van der Waals surface area contributed by atoms with Crippen LogP contribution in [0.2, 0.25) is 0 Å². The third kappa shape index (κ3) is 1.93. The lowest BCUT2D eigenvalue weighted by molar-refractivity contribution is -0.137. The van der Waals surface area contributed by atoms with Gasteiger partial charge in [-0.25, -0.2) is 0 Å². The molecule has 1 atom stereocenters. The van der Waals surface area contributed by atoms with Crippen molar-refractivity contribution in [3.05, 3.63) is 33.8 Å². The molecule has 0 aliphatic carbocycles. The fourth-order valence-corrected chi connectivity index (χ4v) is 1.70. The molecule has 0 amide bonds. The molecule has 1 aliphatic rings. The van der Waals surface area contributed by atoms with E-state index in [4.69, 9.17) is 4.74 Å². The fourth-order valence-electron chi connectivity index (χ4n) is 1.19. The van der Waals surface area contributed by atoms with Crippen LogP contribution in [-0.4, -0.2) is 6.61 Å². The van der Waals surface area contributed by atoms with Gasteiger partial charge in [0.2, 0.25) is 0 Å². The average Bonchev–Trinajstić information content (AvgIpc) is 2.85. The SMILES string of the molecule is FC(F)(F)c1ccc(Br)c([C@H]2CO2)c1. The predicted molar refractivity (Wildman–Crippen MR) is 47.8 cm³/mol. The lowest BCUT2D eigenvalue weighted by Crippen LogP contribution is -2.05. The van der Waals surface area contributed by atoms with Gasteiger partial charge in [0, 0.05) is 4.47 Å². The van der Waals surface area contributed by atoms with Crippen LogP contribution in [0, 0.1) is 0 Å². The van der Waals surface area contributed by atoms with Crippen molar-refractivity contribution in [2.24, 2.45) is 0 Å². The largest absolute Gasteiger partial charge is 0.416 e. The second-order valence-corrected chi connectivity index (χ2v) is 3.91. The van der Waals surface area contributed by atoms with Gasteiger partial charge in [-0.2, -0.15) is 13.2 Å². The average molecular weight is 267 g/mol. The van der Waals surface area contributed by atoms with Gasteiger partial charge in [0.05, 0.1) is 12.2 Å². The molecule has 5 heteroatoms. The van der Waals surface area contributed by atoms with E-state index in [2.05, 4.69) is 15.9 Å². The summed E-state index contributed by atoms with van der Waals surface area (Å²) in [4.78, 5) is 0. The lowest BCUT2D eigenvalue weighted by atomic mass is 10.1. The maximum Gasteiger partial charge on any atom is 0.416 e. The molecule has 0 spiro atoms. The van der Waals surface area contributed by atoms with E-state index in [0.29, 0.717) is 16.6 Å². The summed E-state index contributed by atoms with van der Waals surface area (Å²) in [5.41, 5.74) is -0.0639. The van der Waals surface area contributed by atoms with Crippen molar-refractivity contribution in [1.82, 2.24) is 0 Å². The zero-order valence-corrected chi connectivity index (χ0v) is 8.52. The highest BCUT2D eigenvalue weighted by Gasteiger charge is 2.34. The van der Waals surface area contributed by atoms with Gasteiger partial charge < -0.3 is 4.74 Å². The van der Waals surface area contributed by atoms with Crippen molar-refractivity contribution in [3.8, 4) is 0 Å². The summed E-state index contributed by atoms with van der Waals surface area (Å²) in [6, 6.07) is 3.58.